The predicted molar refractivity (Wildman–Crippen MR) is 116 cm³/mol. The fraction of sp³-hybridized carbons (Fsp3) is 0.417. The number of nitrogens with one attached hydrogen (secondary N) is 2. The highest BCUT2D eigenvalue weighted by Crippen LogP contribution is 2.32. The molecule has 0 aliphatic heterocycles. The smallest absolute Gasteiger partial charge is 0.227 e. The number of benzene rings is 2. The first-order valence-electron chi connectivity index (χ1n) is 10.4. The molecule has 1 fully saturated rings. The Morgan fingerprint density at radius 3 is 2.03 bits per heavy atom. The normalized spacial score (nSPS) is 18.7. The molecule has 154 valence electrons. The van der Waals surface area contributed by atoms with Crippen molar-refractivity contribution >= 4 is 23.2 Å². The second-order valence-corrected chi connectivity index (χ2v) is 7.83. The van der Waals surface area contributed by atoms with Gasteiger partial charge in [0.15, 0.2) is 0 Å². The summed E-state index contributed by atoms with van der Waals surface area (Å²) in [5, 5.41) is 6.04. The fourth-order valence-electron chi connectivity index (χ4n) is 4.00. The van der Waals surface area contributed by atoms with Crippen molar-refractivity contribution in [1.82, 2.24) is 0 Å². The van der Waals surface area contributed by atoms with E-state index in [0.29, 0.717) is 30.9 Å². The molecule has 1 saturated carbocycles. The molecule has 0 heterocycles. The Hall–Kier alpha value is -2.82. The minimum absolute atomic E-state index is 0.00493. The van der Waals surface area contributed by atoms with E-state index in [-0.39, 0.29) is 23.7 Å². The van der Waals surface area contributed by atoms with Crippen LogP contribution in [0.1, 0.15) is 43.7 Å². The third-order valence-electron chi connectivity index (χ3n) is 5.40. The molecule has 0 radical (unpaired) electrons. The summed E-state index contributed by atoms with van der Waals surface area (Å²) in [6, 6.07) is 13.5. The lowest BCUT2D eigenvalue weighted by Crippen LogP contribution is -2.32. The first-order chi connectivity index (χ1) is 14.0. The Morgan fingerprint density at radius 1 is 0.897 bits per heavy atom. The second-order valence-electron chi connectivity index (χ2n) is 7.83. The first kappa shape index (κ1) is 20.9. The van der Waals surface area contributed by atoms with Crippen molar-refractivity contribution in [2.45, 2.75) is 46.5 Å². The maximum Gasteiger partial charge on any atom is 0.227 e. The fourth-order valence-corrected chi connectivity index (χ4v) is 4.00. The third kappa shape index (κ3) is 5.59. The number of para-hydroxylation sites is 2. The van der Waals surface area contributed by atoms with E-state index in [4.69, 9.17) is 4.74 Å². The molecule has 1 aliphatic carbocycles. The minimum atomic E-state index is -0.0741. The lowest BCUT2D eigenvalue weighted by Gasteiger charge is -2.27. The van der Waals surface area contributed by atoms with Gasteiger partial charge >= 0.3 is 0 Å². The molecule has 0 atom stereocenters. The third-order valence-corrected chi connectivity index (χ3v) is 5.40. The van der Waals surface area contributed by atoms with E-state index in [0.717, 1.165) is 29.7 Å². The second kappa shape index (κ2) is 9.59. The zero-order chi connectivity index (χ0) is 20.8. The van der Waals surface area contributed by atoms with Crippen LogP contribution in [0, 0.1) is 25.7 Å². The van der Waals surface area contributed by atoms with Crippen molar-refractivity contribution in [2.75, 3.05) is 17.2 Å². The number of ether oxygens (including phenoxy) is 1. The molecule has 2 aromatic rings. The van der Waals surface area contributed by atoms with Crippen LogP contribution >= 0.6 is 0 Å². The maximum absolute atomic E-state index is 12.7. The molecule has 1 aliphatic rings. The van der Waals surface area contributed by atoms with Gasteiger partial charge in [0.1, 0.15) is 5.75 Å². The van der Waals surface area contributed by atoms with Gasteiger partial charge in [-0.1, -0.05) is 18.2 Å². The molecule has 2 N–H and O–H groups in total. The Balaban J connectivity index is 1.53. The van der Waals surface area contributed by atoms with Crippen LogP contribution in [-0.4, -0.2) is 18.4 Å². The van der Waals surface area contributed by atoms with Crippen LogP contribution in [0.5, 0.6) is 5.75 Å². The number of amides is 2. The summed E-state index contributed by atoms with van der Waals surface area (Å²) in [7, 11) is 0. The van der Waals surface area contributed by atoms with Gasteiger partial charge in [0.05, 0.1) is 12.3 Å². The Labute approximate surface area is 172 Å². The molecule has 5 heteroatoms. The van der Waals surface area contributed by atoms with Crippen molar-refractivity contribution in [3.8, 4) is 5.75 Å². The molecule has 5 nitrogen and oxygen atoms in total. The summed E-state index contributed by atoms with van der Waals surface area (Å²) >= 11 is 0. The topological polar surface area (TPSA) is 67.4 Å². The van der Waals surface area contributed by atoms with Crippen molar-refractivity contribution < 1.29 is 14.3 Å². The number of hydrogen-bond donors (Lipinski definition) is 2. The molecule has 0 aromatic heterocycles. The predicted octanol–water partition coefficient (Wildman–Crippen LogP) is 5.09. The Morgan fingerprint density at radius 2 is 1.45 bits per heavy atom. The van der Waals surface area contributed by atoms with Crippen LogP contribution in [0.15, 0.2) is 42.5 Å². The van der Waals surface area contributed by atoms with Crippen molar-refractivity contribution in [1.29, 1.82) is 0 Å². The van der Waals surface area contributed by atoms with E-state index in [2.05, 4.69) is 16.7 Å². The first-order valence-corrected chi connectivity index (χ1v) is 10.4. The molecule has 0 spiro atoms. The summed E-state index contributed by atoms with van der Waals surface area (Å²) in [5.41, 5.74) is 3.81. The molecule has 29 heavy (non-hydrogen) atoms. The van der Waals surface area contributed by atoms with Crippen LogP contribution < -0.4 is 15.4 Å². The quantitative estimate of drug-likeness (QED) is 0.717. The molecule has 3 rings (SSSR count). The van der Waals surface area contributed by atoms with Gasteiger partial charge in [0.25, 0.3) is 0 Å². The Bertz CT molecular complexity index is 850. The van der Waals surface area contributed by atoms with Crippen molar-refractivity contribution in [2.24, 2.45) is 11.8 Å². The van der Waals surface area contributed by atoms with E-state index in [1.54, 1.807) is 0 Å². The standard InChI is InChI=1S/C24H30N2O3/c1-4-29-22-8-6-5-7-21(22)26-24(28)19-11-9-18(10-12-19)23(27)25-20-14-16(2)13-17(3)15-20/h5-8,13-15,18-19H,4,9-12H2,1-3H3,(H,25,27)(H,26,28). The van der Waals surface area contributed by atoms with Crippen molar-refractivity contribution in [3.63, 3.8) is 0 Å². The lowest BCUT2D eigenvalue weighted by atomic mass is 9.81. The molecular weight excluding hydrogens is 364 g/mol. The molecule has 0 unspecified atom stereocenters. The molecule has 0 saturated heterocycles. The van der Waals surface area contributed by atoms with Crippen molar-refractivity contribution in [3.05, 3.63) is 53.6 Å². The van der Waals surface area contributed by atoms with E-state index >= 15 is 0 Å². The van der Waals surface area contributed by atoms with E-state index in [9.17, 15) is 9.59 Å². The van der Waals surface area contributed by atoms with E-state index in [1.807, 2.05) is 57.2 Å². The van der Waals surface area contributed by atoms with Crippen LogP contribution in [0.25, 0.3) is 0 Å². The summed E-state index contributed by atoms with van der Waals surface area (Å²) in [4.78, 5) is 25.3. The zero-order valence-electron chi connectivity index (χ0n) is 17.5. The summed E-state index contributed by atoms with van der Waals surface area (Å²) in [5.74, 6) is 0.622. The number of hydrogen-bond acceptors (Lipinski definition) is 3. The van der Waals surface area contributed by atoms with Crippen LogP contribution in [0.3, 0.4) is 0 Å². The molecule has 0 bridgehead atoms. The van der Waals surface area contributed by atoms with Gasteiger partial charge in [-0.2, -0.15) is 0 Å². The van der Waals surface area contributed by atoms with Gasteiger partial charge in [-0.25, -0.2) is 0 Å². The Kier molecular flexibility index (Phi) is 6.91. The van der Waals surface area contributed by atoms with Gasteiger partial charge in [-0.05, 0) is 81.8 Å². The maximum atomic E-state index is 12.7. The molecular formula is C24H30N2O3. The highest BCUT2D eigenvalue weighted by molar-refractivity contribution is 5.95. The number of anilines is 2. The van der Waals surface area contributed by atoms with Crippen LogP contribution in [-0.2, 0) is 9.59 Å². The highest BCUT2D eigenvalue weighted by atomic mass is 16.5. The van der Waals surface area contributed by atoms with Gasteiger partial charge in [0, 0.05) is 17.5 Å². The van der Waals surface area contributed by atoms with E-state index in [1.165, 1.54) is 0 Å². The van der Waals surface area contributed by atoms with E-state index < -0.39 is 0 Å². The van der Waals surface area contributed by atoms with Crippen LogP contribution in [0.4, 0.5) is 11.4 Å². The molecule has 2 aromatic carbocycles. The minimum Gasteiger partial charge on any atom is -0.492 e. The summed E-state index contributed by atoms with van der Waals surface area (Å²) in [6.45, 7) is 6.52. The largest absolute Gasteiger partial charge is 0.492 e. The van der Waals surface area contributed by atoms with Gasteiger partial charge in [0.2, 0.25) is 11.8 Å². The van der Waals surface area contributed by atoms with Crippen LogP contribution in [0.2, 0.25) is 0 Å². The SMILES string of the molecule is CCOc1ccccc1NC(=O)C1CCC(C(=O)Nc2cc(C)cc(C)c2)CC1. The average Bonchev–Trinajstić information content (AvgIpc) is 2.69. The van der Waals surface area contributed by atoms with Gasteiger partial charge in [-0.15, -0.1) is 0 Å². The number of rotatable bonds is 6. The number of carbonyl (C=O) groups is 2. The highest BCUT2D eigenvalue weighted by Gasteiger charge is 2.30. The summed E-state index contributed by atoms with van der Waals surface area (Å²) in [6.07, 6.45) is 2.88. The zero-order valence-corrected chi connectivity index (χ0v) is 17.5. The van der Waals surface area contributed by atoms with Gasteiger partial charge in [-0.3, -0.25) is 9.59 Å². The van der Waals surface area contributed by atoms with Gasteiger partial charge < -0.3 is 15.4 Å². The molecule has 2 amide bonds. The lowest BCUT2D eigenvalue weighted by molar-refractivity contribution is -0.125. The average molecular weight is 395 g/mol. The monoisotopic (exact) mass is 394 g/mol. The summed E-state index contributed by atoms with van der Waals surface area (Å²) < 4.78 is 5.58. The number of carbonyl (C=O) groups excluding carboxylic acids is 2. The number of aryl methyl sites for hydroxylation is 2.